The maximum Gasteiger partial charge on any atom is 0.227 e. The molecule has 1 heterocycles. The van der Waals surface area contributed by atoms with Crippen molar-refractivity contribution in [2.24, 2.45) is 0 Å². The fourth-order valence-corrected chi connectivity index (χ4v) is 3.94. The van der Waals surface area contributed by atoms with E-state index in [0.29, 0.717) is 13.0 Å². The van der Waals surface area contributed by atoms with Gasteiger partial charge in [-0.25, -0.2) is 0 Å². The normalized spacial score (nSPS) is 13.9. The Labute approximate surface area is 156 Å². The molecule has 0 fully saturated rings. The third-order valence-corrected chi connectivity index (χ3v) is 5.37. The lowest BCUT2D eigenvalue weighted by Gasteiger charge is -2.22. The predicted octanol–water partition coefficient (Wildman–Crippen LogP) is 4.33. The SMILES string of the molecule is CC(=O)c1ccc2c(c1)CCCN(C(=O)Cc1c(C)cc(C)cc1C)C2. The number of rotatable bonds is 3. The van der Waals surface area contributed by atoms with E-state index in [0.717, 1.165) is 30.5 Å². The lowest BCUT2D eigenvalue weighted by molar-refractivity contribution is -0.131. The molecule has 0 spiro atoms. The maximum absolute atomic E-state index is 13.0. The number of carbonyl (C=O) groups excluding carboxylic acids is 2. The van der Waals surface area contributed by atoms with Gasteiger partial charge in [0.25, 0.3) is 0 Å². The third-order valence-electron chi connectivity index (χ3n) is 5.37. The highest BCUT2D eigenvalue weighted by Gasteiger charge is 2.21. The first-order valence-corrected chi connectivity index (χ1v) is 9.32. The Morgan fingerprint density at radius 3 is 2.35 bits per heavy atom. The second-order valence-corrected chi connectivity index (χ2v) is 7.51. The molecule has 2 aromatic carbocycles. The quantitative estimate of drug-likeness (QED) is 0.773. The minimum Gasteiger partial charge on any atom is -0.338 e. The lowest BCUT2D eigenvalue weighted by Crippen LogP contribution is -2.32. The van der Waals surface area contributed by atoms with Crippen molar-refractivity contribution in [3.63, 3.8) is 0 Å². The number of aryl methyl sites for hydroxylation is 4. The fraction of sp³-hybridized carbons (Fsp3) is 0.391. The van der Waals surface area contributed by atoms with Crippen molar-refractivity contribution in [3.05, 3.63) is 69.3 Å². The van der Waals surface area contributed by atoms with E-state index in [1.807, 2.05) is 23.1 Å². The van der Waals surface area contributed by atoms with Crippen LogP contribution in [0, 0.1) is 20.8 Å². The Morgan fingerprint density at radius 2 is 1.69 bits per heavy atom. The third kappa shape index (κ3) is 3.87. The molecule has 3 nitrogen and oxygen atoms in total. The molecule has 1 aliphatic rings. The Hall–Kier alpha value is -2.42. The summed E-state index contributed by atoms with van der Waals surface area (Å²) in [5.74, 6) is 0.277. The molecule has 0 N–H and O–H groups in total. The highest BCUT2D eigenvalue weighted by molar-refractivity contribution is 5.94. The highest BCUT2D eigenvalue weighted by atomic mass is 16.2. The number of hydrogen-bond acceptors (Lipinski definition) is 2. The summed E-state index contributed by atoms with van der Waals surface area (Å²) in [6, 6.07) is 10.2. The van der Waals surface area contributed by atoms with Crippen LogP contribution in [0.1, 0.15) is 57.1 Å². The second kappa shape index (κ2) is 7.45. The van der Waals surface area contributed by atoms with Crippen LogP contribution in [0.5, 0.6) is 0 Å². The monoisotopic (exact) mass is 349 g/mol. The van der Waals surface area contributed by atoms with Crippen LogP contribution in [0.25, 0.3) is 0 Å². The number of ketones is 1. The molecule has 0 atom stereocenters. The predicted molar refractivity (Wildman–Crippen MR) is 105 cm³/mol. The van der Waals surface area contributed by atoms with Crippen LogP contribution >= 0.6 is 0 Å². The van der Waals surface area contributed by atoms with Gasteiger partial charge in [0.1, 0.15) is 0 Å². The summed E-state index contributed by atoms with van der Waals surface area (Å²) in [7, 11) is 0. The Kier molecular flexibility index (Phi) is 5.26. The summed E-state index contributed by atoms with van der Waals surface area (Å²) >= 11 is 0. The van der Waals surface area contributed by atoms with Gasteiger partial charge in [-0.1, -0.05) is 29.8 Å². The standard InChI is InChI=1S/C23H27NO2/c1-15-10-16(2)22(17(3)11-15)13-23(26)24-9-5-6-20-12-19(18(4)25)7-8-21(20)14-24/h7-8,10-12H,5-6,9,13-14H2,1-4H3. The number of Topliss-reactive ketones (excluding diaryl/α,β-unsaturated/α-hetero) is 1. The molecular formula is C23H27NO2. The molecule has 0 bridgehead atoms. The second-order valence-electron chi connectivity index (χ2n) is 7.51. The number of fused-ring (bicyclic) bond motifs is 1. The smallest absolute Gasteiger partial charge is 0.227 e. The molecule has 3 rings (SSSR count). The molecular weight excluding hydrogens is 322 g/mol. The van der Waals surface area contributed by atoms with Gasteiger partial charge in [-0.2, -0.15) is 0 Å². The Balaban J connectivity index is 1.80. The van der Waals surface area contributed by atoms with Crippen LogP contribution in [0.3, 0.4) is 0 Å². The fourth-order valence-electron chi connectivity index (χ4n) is 3.94. The molecule has 0 radical (unpaired) electrons. The summed E-state index contributed by atoms with van der Waals surface area (Å²) in [5.41, 5.74) is 7.90. The van der Waals surface area contributed by atoms with E-state index in [1.165, 1.54) is 27.8 Å². The van der Waals surface area contributed by atoms with Gasteiger partial charge in [0.2, 0.25) is 5.91 Å². The van der Waals surface area contributed by atoms with Gasteiger partial charge in [-0.3, -0.25) is 9.59 Å². The molecule has 1 aliphatic heterocycles. The van der Waals surface area contributed by atoms with Crippen molar-refractivity contribution in [1.82, 2.24) is 4.90 Å². The molecule has 136 valence electrons. The molecule has 0 saturated heterocycles. The van der Waals surface area contributed by atoms with Crippen LogP contribution in [0.4, 0.5) is 0 Å². The van der Waals surface area contributed by atoms with Gasteiger partial charge in [-0.15, -0.1) is 0 Å². The summed E-state index contributed by atoms with van der Waals surface area (Å²) in [5, 5.41) is 0. The van der Waals surface area contributed by atoms with Gasteiger partial charge in [0.15, 0.2) is 5.78 Å². The van der Waals surface area contributed by atoms with E-state index >= 15 is 0 Å². The van der Waals surface area contributed by atoms with Crippen molar-refractivity contribution in [2.75, 3.05) is 6.54 Å². The molecule has 0 aliphatic carbocycles. The van der Waals surface area contributed by atoms with E-state index in [1.54, 1.807) is 6.92 Å². The van der Waals surface area contributed by atoms with Gasteiger partial charge < -0.3 is 4.90 Å². The van der Waals surface area contributed by atoms with Crippen LogP contribution in [0.15, 0.2) is 30.3 Å². The van der Waals surface area contributed by atoms with Crippen molar-refractivity contribution in [3.8, 4) is 0 Å². The number of carbonyl (C=O) groups is 2. The van der Waals surface area contributed by atoms with Crippen molar-refractivity contribution < 1.29 is 9.59 Å². The zero-order valence-electron chi connectivity index (χ0n) is 16.2. The molecule has 0 saturated carbocycles. The van der Waals surface area contributed by atoms with E-state index in [4.69, 9.17) is 0 Å². The van der Waals surface area contributed by atoms with Crippen molar-refractivity contribution >= 4 is 11.7 Å². The van der Waals surface area contributed by atoms with Crippen molar-refractivity contribution in [1.29, 1.82) is 0 Å². The summed E-state index contributed by atoms with van der Waals surface area (Å²) in [6.45, 7) is 9.27. The van der Waals surface area contributed by atoms with E-state index < -0.39 is 0 Å². The van der Waals surface area contributed by atoms with E-state index in [2.05, 4.69) is 32.9 Å². The minimum absolute atomic E-state index is 0.0929. The van der Waals surface area contributed by atoms with Crippen molar-refractivity contribution in [2.45, 2.75) is 53.5 Å². The largest absolute Gasteiger partial charge is 0.338 e. The molecule has 3 heteroatoms. The summed E-state index contributed by atoms with van der Waals surface area (Å²) in [4.78, 5) is 26.6. The Morgan fingerprint density at radius 1 is 1.00 bits per heavy atom. The number of hydrogen-bond donors (Lipinski definition) is 0. The molecule has 1 amide bonds. The van der Waals surface area contributed by atoms with Gasteiger partial charge in [-0.05, 0) is 74.4 Å². The van der Waals surface area contributed by atoms with Crippen LogP contribution in [-0.4, -0.2) is 23.1 Å². The van der Waals surface area contributed by atoms with E-state index in [9.17, 15) is 9.59 Å². The zero-order valence-corrected chi connectivity index (χ0v) is 16.2. The number of benzene rings is 2. The lowest BCUT2D eigenvalue weighted by atomic mass is 9.97. The van der Waals surface area contributed by atoms with Crippen LogP contribution < -0.4 is 0 Å². The van der Waals surface area contributed by atoms with Crippen LogP contribution in [0.2, 0.25) is 0 Å². The van der Waals surface area contributed by atoms with Crippen LogP contribution in [-0.2, 0) is 24.2 Å². The zero-order chi connectivity index (χ0) is 18.8. The van der Waals surface area contributed by atoms with Gasteiger partial charge in [0.05, 0.1) is 6.42 Å². The van der Waals surface area contributed by atoms with E-state index in [-0.39, 0.29) is 11.7 Å². The molecule has 2 aromatic rings. The highest BCUT2D eigenvalue weighted by Crippen LogP contribution is 2.23. The summed E-state index contributed by atoms with van der Waals surface area (Å²) in [6.07, 6.45) is 2.31. The topological polar surface area (TPSA) is 37.4 Å². The first kappa shape index (κ1) is 18.4. The minimum atomic E-state index is 0.0929. The average molecular weight is 349 g/mol. The number of amides is 1. The molecule has 0 aromatic heterocycles. The molecule has 26 heavy (non-hydrogen) atoms. The average Bonchev–Trinajstić information content (AvgIpc) is 2.79. The summed E-state index contributed by atoms with van der Waals surface area (Å²) < 4.78 is 0. The van der Waals surface area contributed by atoms with Gasteiger partial charge in [0, 0.05) is 18.7 Å². The first-order chi connectivity index (χ1) is 12.3. The van der Waals surface area contributed by atoms with Gasteiger partial charge >= 0.3 is 0 Å². The maximum atomic E-state index is 13.0. The first-order valence-electron chi connectivity index (χ1n) is 9.32. The number of nitrogens with zero attached hydrogens (tertiary/aromatic N) is 1. The Bertz CT molecular complexity index is 844. The molecule has 0 unspecified atom stereocenters.